The zero-order valence-electron chi connectivity index (χ0n) is 11.9. The summed E-state index contributed by atoms with van der Waals surface area (Å²) in [4.78, 5) is 12.5. The molecule has 2 unspecified atom stereocenters. The lowest BCUT2D eigenvalue weighted by molar-refractivity contribution is -0.0272. The van der Waals surface area contributed by atoms with Gasteiger partial charge in [-0.3, -0.25) is 0 Å². The number of aromatic nitrogens is 2. The number of anilines is 1. The van der Waals surface area contributed by atoms with Gasteiger partial charge >= 0.3 is 0 Å². The maximum absolute atomic E-state index is 6.10. The van der Waals surface area contributed by atoms with Crippen LogP contribution in [0.2, 0.25) is 0 Å². The molecule has 1 saturated heterocycles. The summed E-state index contributed by atoms with van der Waals surface area (Å²) < 4.78 is 6.10. The number of thiophene rings is 1. The molecule has 1 aliphatic carbocycles. The van der Waals surface area contributed by atoms with Gasteiger partial charge in [0, 0.05) is 13.1 Å². The van der Waals surface area contributed by atoms with Crippen LogP contribution < -0.4 is 4.90 Å². The van der Waals surface area contributed by atoms with Crippen molar-refractivity contribution in [3.05, 3.63) is 17.3 Å². The highest BCUT2D eigenvalue weighted by atomic mass is 32.1. The monoisotopic (exact) mass is 289 g/mol. The topological polar surface area (TPSA) is 38.2 Å². The zero-order chi connectivity index (χ0) is 13.7. The Hall–Kier alpha value is -1.20. The van der Waals surface area contributed by atoms with Crippen molar-refractivity contribution in [3.8, 4) is 0 Å². The lowest BCUT2D eigenvalue weighted by atomic mass is 10.1. The highest BCUT2D eigenvalue weighted by Gasteiger charge is 2.38. The summed E-state index contributed by atoms with van der Waals surface area (Å²) >= 11 is 1.70. The van der Waals surface area contributed by atoms with Gasteiger partial charge in [-0.25, -0.2) is 9.97 Å². The second kappa shape index (κ2) is 4.67. The Labute approximate surface area is 122 Å². The summed E-state index contributed by atoms with van der Waals surface area (Å²) in [5.41, 5.74) is 1.28. The Morgan fingerprint density at radius 2 is 2.15 bits per heavy atom. The highest BCUT2D eigenvalue weighted by molar-refractivity contribution is 7.17. The maximum Gasteiger partial charge on any atom is 0.141 e. The van der Waals surface area contributed by atoms with Gasteiger partial charge in [0.15, 0.2) is 0 Å². The smallest absolute Gasteiger partial charge is 0.141 e. The summed E-state index contributed by atoms with van der Waals surface area (Å²) in [5.74, 6) is 1.86. The number of ether oxygens (including phenoxy) is 1. The first-order valence-electron chi connectivity index (χ1n) is 7.31. The van der Waals surface area contributed by atoms with Crippen molar-refractivity contribution in [2.75, 3.05) is 18.0 Å². The van der Waals surface area contributed by atoms with E-state index in [1.165, 1.54) is 23.8 Å². The SMILES string of the molecule is Cc1csc2ncnc(N3CC(C)OC(C4CC4)C3)c12. The van der Waals surface area contributed by atoms with E-state index >= 15 is 0 Å². The molecule has 20 heavy (non-hydrogen) atoms. The van der Waals surface area contributed by atoms with Crippen LogP contribution in [0.5, 0.6) is 0 Å². The molecule has 0 aromatic carbocycles. The molecule has 0 radical (unpaired) electrons. The molecular weight excluding hydrogens is 270 g/mol. The van der Waals surface area contributed by atoms with Crippen molar-refractivity contribution >= 4 is 27.4 Å². The molecular formula is C15H19N3OS. The van der Waals surface area contributed by atoms with Crippen LogP contribution in [0.3, 0.4) is 0 Å². The second-order valence-corrected chi connectivity index (χ2v) is 6.88. The van der Waals surface area contributed by atoms with Crippen LogP contribution in [-0.4, -0.2) is 35.3 Å². The van der Waals surface area contributed by atoms with Crippen molar-refractivity contribution in [3.63, 3.8) is 0 Å². The quantitative estimate of drug-likeness (QED) is 0.852. The van der Waals surface area contributed by atoms with Gasteiger partial charge in [-0.05, 0) is 43.6 Å². The summed E-state index contributed by atoms with van der Waals surface area (Å²) in [5, 5.41) is 3.40. The fourth-order valence-corrected chi connectivity index (χ4v) is 4.01. The first-order valence-corrected chi connectivity index (χ1v) is 8.19. The first-order chi connectivity index (χ1) is 9.72. The molecule has 1 aliphatic heterocycles. The van der Waals surface area contributed by atoms with E-state index in [0.29, 0.717) is 6.10 Å². The van der Waals surface area contributed by atoms with Gasteiger partial charge in [0.1, 0.15) is 17.0 Å². The molecule has 4 nitrogen and oxygen atoms in total. The number of nitrogens with zero attached hydrogens (tertiary/aromatic N) is 3. The molecule has 3 heterocycles. The van der Waals surface area contributed by atoms with E-state index < -0.39 is 0 Å². The molecule has 2 atom stereocenters. The molecule has 0 amide bonds. The van der Waals surface area contributed by atoms with E-state index in [2.05, 4.69) is 34.1 Å². The Morgan fingerprint density at radius 3 is 2.95 bits per heavy atom. The van der Waals surface area contributed by atoms with Crippen LogP contribution in [0, 0.1) is 12.8 Å². The van der Waals surface area contributed by atoms with E-state index in [1.807, 2.05) is 0 Å². The number of aryl methyl sites for hydroxylation is 1. The van der Waals surface area contributed by atoms with Gasteiger partial charge in [-0.1, -0.05) is 0 Å². The molecule has 0 N–H and O–H groups in total. The van der Waals surface area contributed by atoms with Crippen LogP contribution in [0.15, 0.2) is 11.7 Å². The average Bonchev–Trinajstić information content (AvgIpc) is 3.23. The number of morpholine rings is 1. The minimum Gasteiger partial charge on any atom is -0.371 e. The Balaban J connectivity index is 1.72. The predicted octanol–water partition coefficient (Wildman–Crippen LogP) is 3.00. The molecule has 4 rings (SSSR count). The molecule has 0 bridgehead atoms. The average molecular weight is 289 g/mol. The third-order valence-corrected chi connectivity index (χ3v) is 5.27. The van der Waals surface area contributed by atoms with E-state index in [-0.39, 0.29) is 6.10 Å². The Morgan fingerprint density at radius 1 is 1.30 bits per heavy atom. The number of rotatable bonds is 2. The third kappa shape index (κ3) is 2.09. The maximum atomic E-state index is 6.10. The fraction of sp³-hybridized carbons (Fsp3) is 0.600. The highest BCUT2D eigenvalue weighted by Crippen LogP contribution is 2.38. The van der Waals surface area contributed by atoms with Gasteiger partial charge in [0.2, 0.25) is 0 Å². The van der Waals surface area contributed by atoms with Gasteiger partial charge in [-0.15, -0.1) is 11.3 Å². The fourth-order valence-electron chi connectivity index (χ4n) is 3.13. The number of hydrogen-bond acceptors (Lipinski definition) is 5. The standard InChI is InChI=1S/C15H19N3OS/c1-9-7-20-15-13(9)14(16-8-17-15)18-5-10(2)19-12(6-18)11-3-4-11/h7-8,10-12H,3-6H2,1-2H3. The number of fused-ring (bicyclic) bond motifs is 1. The molecule has 106 valence electrons. The van der Waals surface area contributed by atoms with Crippen molar-refractivity contribution < 1.29 is 4.74 Å². The summed E-state index contributed by atoms with van der Waals surface area (Å²) in [6.07, 6.45) is 4.99. The lowest BCUT2D eigenvalue weighted by Crippen LogP contribution is -2.48. The minimum atomic E-state index is 0.276. The molecule has 2 aliphatic rings. The van der Waals surface area contributed by atoms with Gasteiger partial charge in [0.25, 0.3) is 0 Å². The van der Waals surface area contributed by atoms with Crippen LogP contribution in [0.4, 0.5) is 5.82 Å². The van der Waals surface area contributed by atoms with Crippen molar-refractivity contribution in [1.29, 1.82) is 0 Å². The summed E-state index contributed by atoms with van der Waals surface area (Å²) in [6.45, 7) is 6.20. The van der Waals surface area contributed by atoms with E-state index in [0.717, 1.165) is 29.7 Å². The van der Waals surface area contributed by atoms with E-state index in [9.17, 15) is 0 Å². The van der Waals surface area contributed by atoms with Gasteiger partial charge in [0.05, 0.1) is 17.6 Å². The van der Waals surface area contributed by atoms with E-state index in [1.54, 1.807) is 17.7 Å². The van der Waals surface area contributed by atoms with Crippen LogP contribution in [-0.2, 0) is 4.74 Å². The Kier molecular flexibility index (Phi) is 2.93. The summed E-state index contributed by atoms with van der Waals surface area (Å²) in [7, 11) is 0. The molecule has 2 fully saturated rings. The van der Waals surface area contributed by atoms with Crippen molar-refractivity contribution in [2.45, 2.75) is 38.9 Å². The largest absolute Gasteiger partial charge is 0.371 e. The van der Waals surface area contributed by atoms with Crippen LogP contribution >= 0.6 is 11.3 Å². The zero-order valence-corrected chi connectivity index (χ0v) is 12.7. The Bertz CT molecular complexity index is 637. The van der Waals surface area contributed by atoms with Crippen molar-refractivity contribution in [1.82, 2.24) is 9.97 Å². The lowest BCUT2D eigenvalue weighted by Gasteiger charge is -2.38. The van der Waals surface area contributed by atoms with E-state index in [4.69, 9.17) is 4.74 Å². The van der Waals surface area contributed by atoms with Crippen LogP contribution in [0.1, 0.15) is 25.3 Å². The van der Waals surface area contributed by atoms with Gasteiger partial charge in [-0.2, -0.15) is 0 Å². The summed E-state index contributed by atoms with van der Waals surface area (Å²) in [6, 6.07) is 0. The van der Waals surface area contributed by atoms with Gasteiger partial charge < -0.3 is 9.64 Å². The number of hydrogen-bond donors (Lipinski definition) is 0. The molecule has 1 saturated carbocycles. The third-order valence-electron chi connectivity index (χ3n) is 4.27. The molecule has 2 aromatic heterocycles. The normalized spacial score (nSPS) is 27.2. The second-order valence-electron chi connectivity index (χ2n) is 6.02. The molecule has 0 spiro atoms. The van der Waals surface area contributed by atoms with Crippen molar-refractivity contribution in [2.24, 2.45) is 5.92 Å². The van der Waals surface area contributed by atoms with Crippen LogP contribution in [0.25, 0.3) is 10.2 Å². The molecule has 2 aromatic rings. The minimum absolute atomic E-state index is 0.276. The first kappa shape index (κ1) is 12.5. The molecule has 5 heteroatoms. The predicted molar refractivity (Wildman–Crippen MR) is 81.4 cm³/mol.